The second-order valence-electron chi connectivity index (χ2n) is 4.57. The van der Waals surface area contributed by atoms with E-state index < -0.39 is 0 Å². The Balaban J connectivity index is 2.11. The van der Waals surface area contributed by atoms with Gasteiger partial charge < -0.3 is 4.74 Å². The van der Waals surface area contributed by atoms with Crippen LogP contribution >= 0.6 is 0 Å². The predicted molar refractivity (Wildman–Crippen MR) is 66.6 cm³/mol. The van der Waals surface area contributed by atoms with Crippen molar-refractivity contribution in [2.75, 3.05) is 13.7 Å². The molecule has 0 saturated carbocycles. The van der Waals surface area contributed by atoms with Gasteiger partial charge in [0.15, 0.2) is 0 Å². The summed E-state index contributed by atoms with van der Waals surface area (Å²) in [7, 11) is 1.52. The Morgan fingerprint density at radius 2 is 2.33 bits per heavy atom. The zero-order valence-corrected chi connectivity index (χ0v) is 10.5. The highest BCUT2D eigenvalue weighted by atomic mass is 19.1. The van der Waals surface area contributed by atoms with E-state index in [-0.39, 0.29) is 11.9 Å². The summed E-state index contributed by atoms with van der Waals surface area (Å²) >= 11 is 0. The van der Waals surface area contributed by atoms with Crippen molar-refractivity contribution in [3.05, 3.63) is 29.6 Å². The van der Waals surface area contributed by atoms with E-state index >= 15 is 0 Å². The largest absolute Gasteiger partial charge is 0.497 e. The molecule has 1 aliphatic rings. The Morgan fingerprint density at radius 1 is 1.50 bits per heavy atom. The summed E-state index contributed by atoms with van der Waals surface area (Å²) in [5, 5.41) is 9.09. The molecule has 0 bridgehead atoms. The summed E-state index contributed by atoms with van der Waals surface area (Å²) in [6, 6.07) is 7.09. The van der Waals surface area contributed by atoms with E-state index in [0.29, 0.717) is 17.9 Å². The lowest BCUT2D eigenvalue weighted by molar-refractivity contribution is 0.174. The molecule has 1 unspecified atom stereocenters. The maximum atomic E-state index is 13.8. The van der Waals surface area contributed by atoms with E-state index in [2.05, 4.69) is 6.07 Å². The number of ether oxygens (including phenoxy) is 1. The SMILES string of the molecule is COc1ccc(CN2CCCCC2C#N)c(F)c1. The van der Waals surface area contributed by atoms with Gasteiger partial charge in [-0.15, -0.1) is 0 Å². The van der Waals surface area contributed by atoms with Crippen LogP contribution in [0.1, 0.15) is 24.8 Å². The van der Waals surface area contributed by atoms with Crippen LogP contribution in [0.5, 0.6) is 5.75 Å². The highest BCUT2D eigenvalue weighted by Gasteiger charge is 2.22. The monoisotopic (exact) mass is 248 g/mol. The molecule has 1 aliphatic heterocycles. The average molecular weight is 248 g/mol. The number of methoxy groups -OCH3 is 1. The predicted octanol–water partition coefficient (Wildman–Crippen LogP) is 2.71. The summed E-state index contributed by atoms with van der Waals surface area (Å²) in [6.07, 6.45) is 3.05. The third kappa shape index (κ3) is 2.80. The molecule has 1 saturated heterocycles. The number of hydrogen-bond acceptors (Lipinski definition) is 3. The van der Waals surface area contributed by atoms with Crippen LogP contribution < -0.4 is 4.74 Å². The van der Waals surface area contributed by atoms with Crippen LogP contribution in [-0.2, 0) is 6.54 Å². The van der Waals surface area contributed by atoms with Crippen molar-refractivity contribution in [1.82, 2.24) is 4.90 Å². The van der Waals surface area contributed by atoms with Crippen molar-refractivity contribution in [3.63, 3.8) is 0 Å². The summed E-state index contributed by atoms with van der Waals surface area (Å²) in [6.45, 7) is 1.36. The van der Waals surface area contributed by atoms with Crippen molar-refractivity contribution in [3.8, 4) is 11.8 Å². The van der Waals surface area contributed by atoms with Crippen molar-refractivity contribution in [1.29, 1.82) is 5.26 Å². The molecular weight excluding hydrogens is 231 g/mol. The van der Waals surface area contributed by atoms with E-state index in [0.717, 1.165) is 25.8 Å². The first-order valence-electron chi connectivity index (χ1n) is 6.20. The first kappa shape index (κ1) is 12.8. The minimum absolute atomic E-state index is 0.0831. The van der Waals surface area contributed by atoms with Crippen molar-refractivity contribution in [2.45, 2.75) is 31.8 Å². The van der Waals surface area contributed by atoms with Crippen LogP contribution in [0, 0.1) is 17.1 Å². The van der Waals surface area contributed by atoms with Crippen LogP contribution in [0.4, 0.5) is 4.39 Å². The molecule has 1 aromatic rings. The number of rotatable bonds is 3. The normalized spacial score (nSPS) is 20.4. The second kappa shape index (κ2) is 5.83. The minimum Gasteiger partial charge on any atom is -0.497 e. The van der Waals surface area contributed by atoms with Crippen molar-refractivity contribution < 1.29 is 9.13 Å². The lowest BCUT2D eigenvalue weighted by Crippen LogP contribution is -2.38. The summed E-state index contributed by atoms with van der Waals surface area (Å²) in [5.74, 6) is 0.253. The van der Waals surface area contributed by atoms with Crippen LogP contribution in [-0.4, -0.2) is 24.6 Å². The van der Waals surface area contributed by atoms with E-state index in [4.69, 9.17) is 10.00 Å². The third-order valence-corrected chi connectivity index (χ3v) is 3.40. The van der Waals surface area contributed by atoms with E-state index in [1.165, 1.54) is 13.2 Å². The number of hydrogen-bond donors (Lipinski definition) is 0. The average Bonchev–Trinajstić information content (AvgIpc) is 2.41. The van der Waals surface area contributed by atoms with Gasteiger partial charge in [-0.05, 0) is 31.9 Å². The van der Waals surface area contributed by atoms with Gasteiger partial charge >= 0.3 is 0 Å². The minimum atomic E-state index is -0.267. The molecular formula is C14H17FN2O. The number of halogens is 1. The fraction of sp³-hybridized carbons (Fsp3) is 0.500. The molecule has 1 fully saturated rings. The summed E-state index contributed by atoms with van der Waals surface area (Å²) < 4.78 is 18.8. The van der Waals surface area contributed by atoms with Crippen LogP contribution in [0.15, 0.2) is 18.2 Å². The van der Waals surface area contributed by atoms with E-state index in [1.807, 2.05) is 4.90 Å². The van der Waals surface area contributed by atoms with Gasteiger partial charge in [-0.3, -0.25) is 4.90 Å². The number of nitrogens with zero attached hydrogens (tertiary/aromatic N) is 2. The van der Waals surface area contributed by atoms with Gasteiger partial charge in [0.05, 0.1) is 19.2 Å². The van der Waals surface area contributed by atoms with Crippen LogP contribution in [0.3, 0.4) is 0 Å². The molecule has 0 aliphatic carbocycles. The molecule has 1 aromatic carbocycles. The maximum absolute atomic E-state index is 13.8. The molecule has 1 atom stereocenters. The molecule has 3 nitrogen and oxygen atoms in total. The second-order valence-corrected chi connectivity index (χ2v) is 4.57. The Hall–Kier alpha value is -1.60. The fourth-order valence-electron chi connectivity index (χ4n) is 2.33. The first-order valence-corrected chi connectivity index (χ1v) is 6.20. The number of benzene rings is 1. The highest BCUT2D eigenvalue weighted by molar-refractivity contribution is 5.29. The number of likely N-dealkylation sites (tertiary alicyclic amines) is 1. The van der Waals surface area contributed by atoms with Gasteiger partial charge in [0.1, 0.15) is 11.6 Å². The standard InChI is InChI=1S/C14H17FN2O/c1-18-13-6-5-11(14(15)8-13)10-17-7-3-2-4-12(17)9-16/h5-6,8,12H,2-4,7,10H2,1H3. The lowest BCUT2D eigenvalue weighted by Gasteiger charge is -2.31. The molecule has 2 rings (SSSR count). The van der Waals surface area contributed by atoms with Crippen LogP contribution in [0.25, 0.3) is 0 Å². The highest BCUT2D eigenvalue weighted by Crippen LogP contribution is 2.22. The van der Waals surface area contributed by atoms with E-state index in [1.54, 1.807) is 12.1 Å². The summed E-state index contributed by atoms with van der Waals surface area (Å²) in [4.78, 5) is 2.05. The molecule has 0 aromatic heterocycles. The molecule has 0 spiro atoms. The zero-order chi connectivity index (χ0) is 13.0. The van der Waals surface area contributed by atoms with Gasteiger partial charge in [-0.25, -0.2) is 4.39 Å². The number of piperidine rings is 1. The Kier molecular flexibility index (Phi) is 4.16. The van der Waals surface area contributed by atoms with Gasteiger partial charge in [-0.2, -0.15) is 5.26 Å². The van der Waals surface area contributed by atoms with Gasteiger partial charge in [0, 0.05) is 18.2 Å². The molecule has 1 heterocycles. The van der Waals surface area contributed by atoms with Gasteiger partial charge in [0.25, 0.3) is 0 Å². The Bertz CT molecular complexity index is 456. The first-order chi connectivity index (χ1) is 8.74. The fourth-order valence-corrected chi connectivity index (χ4v) is 2.33. The Morgan fingerprint density at radius 3 is 3.00 bits per heavy atom. The lowest BCUT2D eigenvalue weighted by atomic mass is 10.0. The summed E-state index contributed by atoms with van der Waals surface area (Å²) in [5.41, 5.74) is 0.623. The van der Waals surface area contributed by atoms with Crippen molar-refractivity contribution >= 4 is 0 Å². The van der Waals surface area contributed by atoms with Gasteiger partial charge in [0.2, 0.25) is 0 Å². The van der Waals surface area contributed by atoms with Gasteiger partial charge in [-0.1, -0.05) is 6.07 Å². The molecule has 4 heteroatoms. The molecule has 0 amide bonds. The zero-order valence-electron chi connectivity index (χ0n) is 10.5. The quantitative estimate of drug-likeness (QED) is 0.825. The third-order valence-electron chi connectivity index (χ3n) is 3.40. The molecule has 18 heavy (non-hydrogen) atoms. The molecule has 96 valence electrons. The Labute approximate surface area is 107 Å². The smallest absolute Gasteiger partial charge is 0.131 e. The van der Waals surface area contributed by atoms with Crippen LogP contribution in [0.2, 0.25) is 0 Å². The van der Waals surface area contributed by atoms with Crippen molar-refractivity contribution in [2.24, 2.45) is 0 Å². The van der Waals surface area contributed by atoms with E-state index in [9.17, 15) is 4.39 Å². The maximum Gasteiger partial charge on any atom is 0.131 e. The molecule has 0 N–H and O–H groups in total. The molecule has 0 radical (unpaired) electrons. The topological polar surface area (TPSA) is 36.3 Å². The number of nitriles is 1.